The van der Waals surface area contributed by atoms with Crippen molar-refractivity contribution in [2.75, 3.05) is 14.2 Å². The van der Waals surface area contributed by atoms with Gasteiger partial charge in [0.25, 0.3) is 0 Å². The molecule has 2 N–H and O–H groups in total. The van der Waals surface area contributed by atoms with Gasteiger partial charge >= 0.3 is 26.2 Å². The molecule has 0 saturated heterocycles. The molecule has 218 valence electrons. The molecule has 2 unspecified atom stereocenters. The van der Waals surface area contributed by atoms with Crippen LogP contribution in [0.2, 0.25) is 0 Å². The first-order valence-corrected chi connectivity index (χ1v) is 16.8. The van der Waals surface area contributed by atoms with Crippen LogP contribution in [0.1, 0.15) is 45.2 Å². The van der Waals surface area contributed by atoms with Gasteiger partial charge < -0.3 is 10.2 Å². The Labute approximate surface area is 297 Å². The third-order valence-electron chi connectivity index (χ3n) is 7.55. The first kappa shape index (κ1) is 34.6. The monoisotopic (exact) mass is 798 g/mol. The number of hydrogen-bond acceptors (Lipinski definition) is 2. The Morgan fingerprint density at radius 1 is 0.523 bits per heavy atom. The summed E-state index contributed by atoms with van der Waals surface area (Å²) in [4.78, 5) is 0. The minimum Gasteiger partial charge on any atom is -0.400 e. The molecule has 2 aliphatic carbocycles. The fraction of sp³-hybridized carbons (Fsp3) is 0.105. The molecular formula is C38H31Br2O2PZr. The van der Waals surface area contributed by atoms with E-state index in [1.165, 1.54) is 49.3 Å². The number of halogens is 2. The van der Waals surface area contributed by atoms with Crippen molar-refractivity contribution in [1.82, 2.24) is 0 Å². The second-order valence-electron chi connectivity index (χ2n) is 9.77. The first-order valence-electron chi connectivity index (χ1n) is 13.9. The Morgan fingerprint density at radius 3 is 1.27 bits per heavy atom. The molecule has 2 atom stereocenters. The summed E-state index contributed by atoms with van der Waals surface area (Å²) in [6.45, 7) is 0. The van der Waals surface area contributed by atoms with Crippen LogP contribution < -0.4 is 15.9 Å². The van der Waals surface area contributed by atoms with Crippen LogP contribution in [-0.4, -0.2) is 24.4 Å². The van der Waals surface area contributed by atoms with Crippen molar-refractivity contribution < 1.29 is 36.4 Å². The standard InChI is InChI=1S/C36H23Br2P.2CH4O.Zr/c37-31-20-22-33(29-18-16-27(35(29)31)24-10-4-1-5-11-24)39(26-14-8-3-9-15-26)34-23-21-32(38)36-28(17-19-30(34)36)25-12-6-2-7-13-25;2*1-2;/h1-15,18-23,27-28H;2*2H,1H3;/q-2;;;+2. The van der Waals surface area contributed by atoms with E-state index in [1.54, 1.807) is 0 Å². The summed E-state index contributed by atoms with van der Waals surface area (Å²) in [6.07, 6.45) is 11.8. The molecule has 6 heteroatoms. The predicted octanol–water partition coefficient (Wildman–Crippen LogP) is 8.11. The minimum atomic E-state index is -0.836. The number of allylic oxidation sites excluding steroid dienone is 2. The van der Waals surface area contributed by atoms with Crippen molar-refractivity contribution in [2.24, 2.45) is 0 Å². The van der Waals surface area contributed by atoms with E-state index in [0.717, 1.165) is 23.2 Å². The molecule has 0 amide bonds. The summed E-state index contributed by atoms with van der Waals surface area (Å²) < 4.78 is 2.27. The maximum Gasteiger partial charge on any atom is 2.00 e. The van der Waals surface area contributed by atoms with Crippen LogP contribution in [0.3, 0.4) is 0 Å². The molecule has 0 saturated carbocycles. The second kappa shape index (κ2) is 16.4. The van der Waals surface area contributed by atoms with Gasteiger partial charge in [-0.2, -0.15) is 11.1 Å². The zero-order valence-corrected chi connectivity index (χ0v) is 30.9. The van der Waals surface area contributed by atoms with Gasteiger partial charge in [0, 0.05) is 23.2 Å². The van der Waals surface area contributed by atoms with E-state index in [4.69, 9.17) is 10.2 Å². The van der Waals surface area contributed by atoms with Crippen molar-refractivity contribution in [1.29, 1.82) is 0 Å². The summed E-state index contributed by atoms with van der Waals surface area (Å²) in [5, 5.41) is 18.1. The van der Waals surface area contributed by atoms with E-state index in [-0.39, 0.29) is 38.0 Å². The van der Waals surface area contributed by atoms with Crippen molar-refractivity contribution >= 4 is 67.8 Å². The zero-order chi connectivity index (χ0) is 30.3. The fourth-order valence-corrected chi connectivity index (χ4v) is 9.51. The van der Waals surface area contributed by atoms with Gasteiger partial charge in [-0.1, -0.05) is 181 Å². The summed E-state index contributed by atoms with van der Waals surface area (Å²) in [5.74, 6) is 0.240. The number of benzene rings is 5. The second-order valence-corrected chi connectivity index (χ2v) is 13.6. The summed E-state index contributed by atoms with van der Waals surface area (Å²) in [6, 6.07) is 41.5. The van der Waals surface area contributed by atoms with Gasteiger partial charge in [0.05, 0.1) is 0 Å². The van der Waals surface area contributed by atoms with Gasteiger partial charge in [0.15, 0.2) is 0 Å². The van der Waals surface area contributed by atoms with Crippen LogP contribution in [0.5, 0.6) is 0 Å². The predicted molar refractivity (Wildman–Crippen MR) is 189 cm³/mol. The molecular weight excluding hydrogens is 770 g/mol. The Bertz CT molecular complexity index is 1630. The van der Waals surface area contributed by atoms with Crippen molar-refractivity contribution in [2.45, 2.75) is 11.8 Å². The number of aliphatic hydroxyl groups excluding tert-OH is 2. The maximum absolute atomic E-state index is 7.00. The molecule has 7 rings (SSSR count). The number of aliphatic hydroxyl groups is 2. The van der Waals surface area contributed by atoms with Gasteiger partial charge in [-0.3, -0.25) is 12.2 Å². The third kappa shape index (κ3) is 6.80. The first-order chi connectivity index (χ1) is 21.2. The number of fused-ring (bicyclic) bond motifs is 2. The van der Waals surface area contributed by atoms with E-state index >= 15 is 0 Å². The molecule has 0 aromatic heterocycles. The van der Waals surface area contributed by atoms with Gasteiger partial charge in [-0.05, 0) is 13.2 Å². The van der Waals surface area contributed by atoms with Gasteiger partial charge in [0.2, 0.25) is 0 Å². The largest absolute Gasteiger partial charge is 2.00 e. The average Bonchev–Trinajstić information content (AvgIpc) is 3.74. The molecule has 5 aromatic rings. The van der Waals surface area contributed by atoms with E-state index in [0.29, 0.717) is 0 Å². The van der Waals surface area contributed by atoms with Gasteiger partial charge in [-0.15, -0.1) is 11.1 Å². The van der Waals surface area contributed by atoms with E-state index in [2.05, 4.69) is 171 Å². The van der Waals surface area contributed by atoms with Gasteiger partial charge in [-0.25, -0.2) is 12.2 Å². The van der Waals surface area contributed by atoms with Crippen LogP contribution in [0.4, 0.5) is 0 Å². The van der Waals surface area contributed by atoms with E-state index in [1.807, 2.05) is 0 Å². The Hall–Kier alpha value is -2.23. The van der Waals surface area contributed by atoms with Crippen molar-refractivity contribution in [3.63, 3.8) is 0 Å². The molecule has 0 bridgehead atoms. The van der Waals surface area contributed by atoms with Gasteiger partial charge in [0.1, 0.15) is 0 Å². The summed E-state index contributed by atoms with van der Waals surface area (Å²) >= 11 is 7.80. The Balaban J connectivity index is 0.000000850. The molecule has 0 aliphatic heterocycles. The molecule has 0 spiro atoms. The van der Waals surface area contributed by atoms with Crippen molar-refractivity contribution in [3.05, 3.63) is 170 Å². The van der Waals surface area contributed by atoms with E-state index in [9.17, 15) is 0 Å². The van der Waals surface area contributed by atoms with Crippen LogP contribution in [-0.2, 0) is 26.2 Å². The molecule has 0 fully saturated rings. The minimum absolute atomic E-state index is 0. The topological polar surface area (TPSA) is 40.5 Å². The maximum atomic E-state index is 7.00. The smallest absolute Gasteiger partial charge is 0.400 e. The van der Waals surface area contributed by atoms with Crippen LogP contribution >= 0.6 is 39.8 Å². The quantitative estimate of drug-likeness (QED) is 0.139. The van der Waals surface area contributed by atoms with Crippen molar-refractivity contribution in [3.8, 4) is 0 Å². The Morgan fingerprint density at radius 2 is 0.886 bits per heavy atom. The SMILES string of the molecule is Brc1ccc(P(c2ccccc2)c2ccc(Br)c3c2C=[C-]C3c2ccccc2)c2c1C(c1ccccc1)[C-]=C2.CO.CO.[Zr+2]. The van der Waals surface area contributed by atoms with Crippen LogP contribution in [0.15, 0.2) is 124 Å². The molecule has 44 heavy (non-hydrogen) atoms. The van der Waals surface area contributed by atoms with E-state index < -0.39 is 7.92 Å². The number of rotatable bonds is 5. The summed E-state index contributed by atoms with van der Waals surface area (Å²) in [5.41, 5.74) is 7.72. The summed E-state index contributed by atoms with van der Waals surface area (Å²) in [7, 11) is 1.16. The molecule has 0 radical (unpaired) electrons. The number of hydrogen-bond donors (Lipinski definition) is 2. The average molecular weight is 802 g/mol. The van der Waals surface area contributed by atoms with Crippen LogP contribution in [0, 0.1) is 12.2 Å². The molecule has 2 nitrogen and oxygen atoms in total. The normalized spacial score (nSPS) is 16.0. The Kier molecular flexibility index (Phi) is 12.9. The van der Waals surface area contributed by atoms with Crippen LogP contribution in [0.25, 0.3) is 12.2 Å². The zero-order valence-electron chi connectivity index (χ0n) is 24.4. The molecule has 5 aromatic carbocycles. The molecule has 2 aliphatic rings. The molecule has 0 heterocycles. The fourth-order valence-electron chi connectivity index (χ4n) is 5.78. The third-order valence-corrected chi connectivity index (χ3v) is 11.5.